The van der Waals surface area contributed by atoms with Crippen LogP contribution in [0.25, 0.3) is 0 Å². The van der Waals surface area contributed by atoms with Crippen LogP contribution in [-0.4, -0.2) is 45.8 Å². The zero-order valence-electron chi connectivity index (χ0n) is 15.5. The highest BCUT2D eigenvalue weighted by Crippen LogP contribution is 2.49. The Labute approximate surface area is 159 Å². The van der Waals surface area contributed by atoms with Gasteiger partial charge in [-0.2, -0.15) is 0 Å². The van der Waals surface area contributed by atoms with E-state index in [2.05, 4.69) is 5.16 Å². The molecule has 0 bridgehead atoms. The smallest absolute Gasteiger partial charge is 0.303 e. The maximum Gasteiger partial charge on any atom is 0.303 e. The summed E-state index contributed by atoms with van der Waals surface area (Å²) in [5, 5.41) is 33.6. The van der Waals surface area contributed by atoms with Gasteiger partial charge in [0.2, 0.25) is 0 Å². The van der Waals surface area contributed by atoms with E-state index in [1.54, 1.807) is 0 Å². The van der Waals surface area contributed by atoms with Gasteiger partial charge in [-0.1, -0.05) is 35.5 Å². The summed E-state index contributed by atoms with van der Waals surface area (Å²) in [5.41, 5.74) is 2.12. The summed E-state index contributed by atoms with van der Waals surface area (Å²) in [6.07, 6.45) is 3.62. The first-order chi connectivity index (χ1) is 13.0. The van der Waals surface area contributed by atoms with Crippen molar-refractivity contribution >= 4 is 11.7 Å². The van der Waals surface area contributed by atoms with E-state index in [1.807, 2.05) is 30.3 Å². The fraction of sp³-hybridized carbons (Fsp3) is 0.619. The summed E-state index contributed by atoms with van der Waals surface area (Å²) in [7, 11) is 0. The third-order valence-electron chi connectivity index (χ3n) is 5.86. The van der Waals surface area contributed by atoms with Crippen molar-refractivity contribution in [3.8, 4) is 0 Å². The van der Waals surface area contributed by atoms with Crippen molar-refractivity contribution in [3.63, 3.8) is 0 Å². The quantitative estimate of drug-likeness (QED) is 0.431. The van der Waals surface area contributed by atoms with Crippen LogP contribution in [0.3, 0.4) is 0 Å². The molecule has 6 nitrogen and oxygen atoms in total. The van der Waals surface area contributed by atoms with Crippen LogP contribution in [0.5, 0.6) is 0 Å². The Balaban J connectivity index is 1.39. The second-order valence-electron chi connectivity index (χ2n) is 7.79. The summed E-state index contributed by atoms with van der Waals surface area (Å²) in [4.78, 5) is 15.7. The van der Waals surface area contributed by atoms with Gasteiger partial charge in [0.1, 0.15) is 6.61 Å². The number of carbonyl (C=O) groups is 1. The number of aliphatic hydroxyl groups excluding tert-OH is 2. The van der Waals surface area contributed by atoms with Gasteiger partial charge >= 0.3 is 5.97 Å². The average Bonchev–Trinajstić information content (AvgIpc) is 2.87. The Hall–Kier alpha value is -1.92. The van der Waals surface area contributed by atoms with Crippen molar-refractivity contribution in [2.75, 3.05) is 6.61 Å². The molecule has 0 radical (unpaired) electrons. The summed E-state index contributed by atoms with van der Waals surface area (Å²) in [5.74, 6) is -0.102. The molecule has 3 N–H and O–H groups in total. The fourth-order valence-corrected chi connectivity index (χ4v) is 4.31. The molecule has 0 amide bonds. The highest BCUT2D eigenvalue weighted by atomic mass is 16.6. The summed E-state index contributed by atoms with van der Waals surface area (Å²) >= 11 is 0. The van der Waals surface area contributed by atoms with Crippen molar-refractivity contribution in [2.45, 2.75) is 57.2 Å². The Kier molecular flexibility index (Phi) is 6.85. The minimum atomic E-state index is -0.828. The van der Waals surface area contributed by atoms with E-state index in [1.165, 1.54) is 0 Å². The first kappa shape index (κ1) is 19.8. The lowest BCUT2D eigenvalue weighted by Gasteiger charge is -2.33. The lowest BCUT2D eigenvalue weighted by Crippen LogP contribution is -2.38. The summed E-state index contributed by atoms with van der Waals surface area (Å²) in [6.45, 7) is 0.310. The maximum atomic E-state index is 10.5. The van der Waals surface area contributed by atoms with Gasteiger partial charge in [-0.05, 0) is 55.9 Å². The van der Waals surface area contributed by atoms with Crippen molar-refractivity contribution in [2.24, 2.45) is 22.9 Å². The molecule has 5 unspecified atom stereocenters. The molecule has 5 atom stereocenters. The molecule has 1 aromatic carbocycles. The largest absolute Gasteiger partial charge is 0.481 e. The molecule has 2 aliphatic rings. The van der Waals surface area contributed by atoms with Gasteiger partial charge in [0.25, 0.3) is 0 Å². The lowest BCUT2D eigenvalue weighted by molar-refractivity contribution is -0.137. The van der Waals surface area contributed by atoms with Gasteiger partial charge < -0.3 is 20.2 Å². The molecular formula is C21H29NO5. The van der Waals surface area contributed by atoms with Crippen molar-refractivity contribution in [1.82, 2.24) is 0 Å². The van der Waals surface area contributed by atoms with Gasteiger partial charge in [0.05, 0.1) is 17.9 Å². The van der Waals surface area contributed by atoms with Gasteiger partial charge in [-0.3, -0.25) is 4.79 Å². The van der Waals surface area contributed by atoms with Crippen molar-refractivity contribution in [3.05, 3.63) is 35.9 Å². The second kappa shape index (κ2) is 9.33. The minimum Gasteiger partial charge on any atom is -0.481 e. The summed E-state index contributed by atoms with van der Waals surface area (Å²) < 4.78 is 0. The van der Waals surface area contributed by atoms with Gasteiger partial charge in [0.15, 0.2) is 0 Å². The van der Waals surface area contributed by atoms with Gasteiger partial charge in [-0.15, -0.1) is 0 Å². The van der Waals surface area contributed by atoms with E-state index >= 15 is 0 Å². The van der Waals surface area contributed by atoms with E-state index in [-0.39, 0.29) is 36.4 Å². The normalized spacial score (nSPS) is 29.2. The van der Waals surface area contributed by atoms with Gasteiger partial charge in [-0.25, -0.2) is 0 Å². The van der Waals surface area contributed by atoms with Gasteiger partial charge in [0, 0.05) is 12.3 Å². The monoisotopic (exact) mass is 375 g/mol. The highest BCUT2D eigenvalue weighted by Gasteiger charge is 2.51. The summed E-state index contributed by atoms with van der Waals surface area (Å²) in [6, 6.07) is 9.96. The minimum absolute atomic E-state index is 0.0863. The molecule has 27 heavy (non-hydrogen) atoms. The number of oxime groups is 1. The number of hydrogen-bond donors (Lipinski definition) is 3. The zero-order chi connectivity index (χ0) is 19.2. The number of carboxylic acids is 1. The van der Waals surface area contributed by atoms with Crippen molar-refractivity contribution < 1.29 is 25.0 Å². The van der Waals surface area contributed by atoms with Crippen LogP contribution >= 0.6 is 0 Å². The zero-order valence-corrected chi connectivity index (χ0v) is 15.5. The maximum absolute atomic E-state index is 10.5. The van der Waals surface area contributed by atoms with Crippen LogP contribution in [-0.2, 0) is 16.1 Å². The average molecular weight is 375 g/mol. The Morgan fingerprint density at radius 2 is 2.07 bits per heavy atom. The molecule has 3 rings (SSSR count). The third-order valence-corrected chi connectivity index (χ3v) is 5.86. The molecule has 6 heteroatoms. The number of aliphatic hydroxyl groups is 2. The van der Waals surface area contributed by atoms with Crippen LogP contribution in [0.2, 0.25) is 0 Å². The predicted octanol–water partition coefficient (Wildman–Crippen LogP) is 2.62. The first-order valence-electron chi connectivity index (χ1n) is 9.85. The molecule has 1 aromatic rings. The van der Waals surface area contributed by atoms with Crippen LogP contribution in [0.15, 0.2) is 35.5 Å². The van der Waals surface area contributed by atoms with E-state index in [0.29, 0.717) is 25.9 Å². The van der Waals surface area contributed by atoms with Crippen molar-refractivity contribution in [1.29, 1.82) is 0 Å². The van der Waals surface area contributed by atoms with Crippen LogP contribution in [0.4, 0.5) is 0 Å². The topological polar surface area (TPSA) is 99.4 Å². The molecule has 2 saturated carbocycles. The van der Waals surface area contributed by atoms with E-state index in [0.717, 1.165) is 30.5 Å². The molecule has 2 aliphatic carbocycles. The molecule has 0 aliphatic heterocycles. The molecule has 0 spiro atoms. The van der Waals surface area contributed by atoms with E-state index in [4.69, 9.17) is 9.94 Å². The Bertz CT molecular complexity index is 647. The number of benzene rings is 1. The molecule has 0 saturated heterocycles. The number of nitrogens with zero attached hydrogens (tertiary/aromatic N) is 1. The first-order valence-corrected chi connectivity index (χ1v) is 9.85. The second-order valence-corrected chi connectivity index (χ2v) is 7.79. The standard InChI is InChI=1S/C21H29NO5/c23-16(11-14-5-2-1-3-6-14)9-8-15-12-17-18(21(15)26)13-19(17)22-27-10-4-7-20(24)25/h1-3,5-6,15-18,21,23,26H,4,7-13H2,(H,24,25). The molecular weight excluding hydrogens is 346 g/mol. The number of aliphatic carboxylic acids is 1. The van der Waals surface area contributed by atoms with Crippen LogP contribution in [0.1, 0.15) is 44.1 Å². The lowest BCUT2D eigenvalue weighted by atomic mass is 9.73. The van der Waals surface area contributed by atoms with E-state index in [9.17, 15) is 15.0 Å². The van der Waals surface area contributed by atoms with Crippen LogP contribution < -0.4 is 0 Å². The Morgan fingerprint density at radius 1 is 1.30 bits per heavy atom. The van der Waals surface area contributed by atoms with E-state index < -0.39 is 5.97 Å². The van der Waals surface area contributed by atoms with Crippen LogP contribution in [0, 0.1) is 17.8 Å². The Morgan fingerprint density at radius 3 is 2.81 bits per heavy atom. The predicted molar refractivity (Wildman–Crippen MR) is 101 cm³/mol. The fourth-order valence-electron chi connectivity index (χ4n) is 4.31. The number of rotatable bonds is 10. The number of carboxylic acid groups (broad SMARTS) is 1. The molecule has 0 heterocycles. The molecule has 0 aromatic heterocycles. The third kappa shape index (κ3) is 5.30. The SMILES string of the molecule is O=C(O)CCCON=C1CC2C1CC(CCC(O)Cc1ccccc1)C2O. The molecule has 2 fully saturated rings. The number of hydrogen-bond acceptors (Lipinski definition) is 5. The number of fused-ring (bicyclic) bond motifs is 1. The molecule has 148 valence electrons. The highest BCUT2D eigenvalue weighted by molar-refractivity contribution is 5.93.